The molecule has 0 aliphatic heterocycles. The van der Waals surface area contributed by atoms with Crippen LogP contribution in [0.2, 0.25) is 0 Å². The van der Waals surface area contributed by atoms with Gasteiger partial charge in [-0.15, -0.1) is 0 Å². The highest BCUT2D eigenvalue weighted by molar-refractivity contribution is 7.20. The van der Waals surface area contributed by atoms with Gasteiger partial charge in [-0.25, -0.2) is 0 Å². The van der Waals surface area contributed by atoms with Crippen LogP contribution in [0.4, 0.5) is 0 Å². The summed E-state index contributed by atoms with van der Waals surface area (Å²) >= 11 is 0. The van der Waals surface area contributed by atoms with Gasteiger partial charge in [0.05, 0.1) is 0 Å². The molecule has 0 saturated carbocycles. The predicted molar refractivity (Wildman–Crippen MR) is 340 cm³/mol. The van der Waals surface area contributed by atoms with Crippen LogP contribution in [0, 0.1) is 0 Å². The molecule has 0 N–H and O–H groups in total. The maximum Gasteiger partial charge on any atom is 0.179 e. The molecule has 2 heteroatoms. The van der Waals surface area contributed by atoms with Crippen molar-refractivity contribution < 1.29 is 0 Å². The lowest BCUT2D eigenvalue weighted by atomic mass is 9.85. The van der Waals surface area contributed by atoms with Gasteiger partial charge in [0.15, 0.2) is 16.1 Å². The van der Waals surface area contributed by atoms with Gasteiger partial charge in [0, 0.05) is 0 Å². The fourth-order valence-corrected chi connectivity index (χ4v) is 22.7. The Morgan fingerprint density at radius 3 is 0.987 bits per heavy atom. The van der Waals surface area contributed by atoms with Crippen molar-refractivity contribution in [2.24, 2.45) is 0 Å². The van der Waals surface area contributed by atoms with E-state index in [1.165, 1.54) is 118 Å². The van der Waals surface area contributed by atoms with Gasteiger partial charge >= 0.3 is 0 Å². The highest BCUT2D eigenvalue weighted by atomic mass is 28.3. The summed E-state index contributed by atoms with van der Waals surface area (Å²) < 4.78 is 0. The molecule has 0 fully saturated rings. The van der Waals surface area contributed by atoms with E-state index < -0.39 is 16.1 Å². The second-order valence-corrected chi connectivity index (χ2v) is 28.3. The number of fused-ring (bicyclic) bond motifs is 4. The van der Waals surface area contributed by atoms with Crippen molar-refractivity contribution in [1.29, 1.82) is 0 Å². The van der Waals surface area contributed by atoms with Gasteiger partial charge in [0.25, 0.3) is 0 Å². The Bertz CT molecular complexity index is 4260. The first-order valence-corrected chi connectivity index (χ1v) is 31.1. The average Bonchev–Trinajstić information content (AvgIpc) is 3.71. The van der Waals surface area contributed by atoms with Crippen molar-refractivity contribution in [2.45, 2.75) is 0 Å². The quantitative estimate of drug-likeness (QED) is 0.0688. The Balaban J connectivity index is 1.16. The van der Waals surface area contributed by atoms with Crippen LogP contribution in [0.1, 0.15) is 0 Å². The summed E-state index contributed by atoms with van der Waals surface area (Å²) in [6.45, 7) is 0. The van der Waals surface area contributed by atoms with Crippen molar-refractivity contribution in [3.8, 4) is 33.4 Å². The van der Waals surface area contributed by atoms with E-state index in [1.54, 1.807) is 0 Å². The van der Waals surface area contributed by atoms with Gasteiger partial charge in [-0.3, -0.25) is 0 Å². The van der Waals surface area contributed by atoms with E-state index in [1.807, 2.05) is 0 Å². The first-order chi connectivity index (χ1) is 38.7. The molecule has 14 rings (SSSR count). The molecule has 14 aromatic carbocycles. The normalized spacial score (nSPS) is 11.8. The molecule has 0 aliphatic carbocycles. The summed E-state index contributed by atoms with van der Waals surface area (Å²) in [5.74, 6) is 0. The predicted octanol–water partition coefficient (Wildman–Crippen LogP) is 14.1. The molecule has 78 heavy (non-hydrogen) atoms. The van der Waals surface area contributed by atoms with Crippen LogP contribution in [0.15, 0.2) is 328 Å². The average molecular weight is 1020 g/mol. The number of hydrogen-bond acceptors (Lipinski definition) is 0. The molecule has 0 aromatic heterocycles. The molecule has 0 amide bonds. The maximum atomic E-state index is 2.61. The van der Waals surface area contributed by atoms with E-state index in [9.17, 15) is 0 Å². The third-order valence-electron chi connectivity index (χ3n) is 16.5. The number of hydrogen-bond donors (Lipinski definition) is 0. The molecular formula is C76H54Si2. The monoisotopic (exact) mass is 1020 g/mol. The van der Waals surface area contributed by atoms with E-state index in [4.69, 9.17) is 0 Å². The minimum atomic E-state index is -2.98. The summed E-state index contributed by atoms with van der Waals surface area (Å²) in [6.07, 6.45) is 0. The summed E-state index contributed by atoms with van der Waals surface area (Å²) in [7, 11) is -5.95. The van der Waals surface area contributed by atoms with Crippen LogP contribution in [0.5, 0.6) is 0 Å². The smallest absolute Gasteiger partial charge is 0.0623 e. The Morgan fingerprint density at radius 1 is 0.167 bits per heavy atom. The highest BCUT2D eigenvalue weighted by Gasteiger charge is 2.43. The van der Waals surface area contributed by atoms with Gasteiger partial charge in [-0.2, -0.15) is 0 Å². The molecule has 0 bridgehead atoms. The Kier molecular flexibility index (Phi) is 12.0. The molecule has 0 aliphatic rings. The van der Waals surface area contributed by atoms with Crippen LogP contribution in [-0.4, -0.2) is 16.1 Å². The molecule has 0 radical (unpaired) electrons. The highest BCUT2D eigenvalue weighted by Crippen LogP contribution is 2.45. The lowest BCUT2D eigenvalue weighted by molar-refractivity contribution is 1.63. The molecule has 0 saturated heterocycles. The summed E-state index contributed by atoms with van der Waals surface area (Å²) in [5.41, 5.74) is 7.30. The summed E-state index contributed by atoms with van der Waals surface area (Å²) in [5, 5.41) is 20.7. The van der Waals surface area contributed by atoms with Gasteiger partial charge in [-0.05, 0) is 130 Å². The van der Waals surface area contributed by atoms with Crippen molar-refractivity contribution >= 4 is 101 Å². The van der Waals surface area contributed by atoms with E-state index in [-0.39, 0.29) is 0 Å². The van der Waals surface area contributed by atoms with Gasteiger partial charge in [-0.1, -0.05) is 315 Å². The van der Waals surface area contributed by atoms with E-state index in [0.717, 1.165) is 0 Å². The van der Waals surface area contributed by atoms with Crippen LogP contribution in [0.3, 0.4) is 0 Å². The summed E-state index contributed by atoms with van der Waals surface area (Å²) in [4.78, 5) is 0. The van der Waals surface area contributed by atoms with Crippen LogP contribution in [-0.2, 0) is 0 Å². The SMILES string of the molecule is c1ccc([Si](c2ccccc2)(c2ccccc2)c2ccc3c(-c4ccc5ccccc5c4)c4cc([Si](c5ccccc5)(c5ccccc5)c5ccccc5)ccc4c(-c4cccc(-c5cccc6ccccc56)c4)c3c2)cc1. The number of benzene rings is 14. The minimum absolute atomic E-state index is 1.19. The van der Waals surface area contributed by atoms with Crippen LogP contribution in [0.25, 0.3) is 76.5 Å². The second-order valence-electron chi connectivity index (χ2n) is 20.6. The molecule has 0 spiro atoms. The minimum Gasteiger partial charge on any atom is -0.0623 e. The van der Waals surface area contributed by atoms with Crippen molar-refractivity contribution in [2.75, 3.05) is 0 Å². The zero-order valence-corrected chi connectivity index (χ0v) is 45.2. The molecule has 0 unspecified atom stereocenters. The fourth-order valence-electron chi connectivity index (χ4n) is 13.1. The zero-order valence-electron chi connectivity index (χ0n) is 43.2. The number of rotatable bonds is 11. The molecule has 0 atom stereocenters. The molecule has 14 aromatic rings. The van der Waals surface area contributed by atoms with E-state index in [0.29, 0.717) is 0 Å². The molecule has 0 nitrogen and oxygen atoms in total. The third-order valence-corrected chi connectivity index (χ3v) is 26.1. The zero-order chi connectivity index (χ0) is 51.9. The topological polar surface area (TPSA) is 0 Å². The lowest BCUT2D eigenvalue weighted by Crippen LogP contribution is -2.74. The fraction of sp³-hybridized carbons (Fsp3) is 0. The van der Waals surface area contributed by atoms with Crippen molar-refractivity contribution in [3.05, 3.63) is 328 Å². The Morgan fingerprint density at radius 2 is 0.526 bits per heavy atom. The first-order valence-electron chi connectivity index (χ1n) is 27.1. The Hall–Kier alpha value is -9.45. The van der Waals surface area contributed by atoms with Crippen LogP contribution >= 0.6 is 0 Å². The largest absolute Gasteiger partial charge is 0.179 e. The Labute approximate surface area is 458 Å². The molecule has 366 valence electrons. The van der Waals surface area contributed by atoms with E-state index >= 15 is 0 Å². The summed E-state index contributed by atoms with van der Waals surface area (Å²) in [6, 6.07) is 124. The van der Waals surface area contributed by atoms with Crippen LogP contribution < -0.4 is 41.5 Å². The molecular weight excluding hydrogens is 969 g/mol. The second kappa shape index (κ2) is 19.9. The first kappa shape index (κ1) is 47.0. The molecule has 0 heterocycles. The van der Waals surface area contributed by atoms with Gasteiger partial charge in [0.2, 0.25) is 0 Å². The standard InChI is InChI=1S/C76H54Si2/c1-7-31-61(32-8-1)77(62-33-9-2-10-34-62,63-35-11-3-12-36-63)67-48-50-72-73(53-67)75(59-30-23-29-58(52-59)70-44-24-28-56-26-21-22-43-69(56)70)71-49-47-68(54-74(71)76(72)60-46-45-55-25-19-20-27-57(55)51-60)78(64-37-13-4-14-38-64,65-39-15-5-16-40-65)66-41-17-6-18-42-66/h1-54H. The lowest BCUT2D eigenvalue weighted by Gasteiger charge is -2.35. The van der Waals surface area contributed by atoms with Crippen molar-refractivity contribution in [1.82, 2.24) is 0 Å². The third kappa shape index (κ3) is 7.79. The maximum absolute atomic E-state index is 2.98. The van der Waals surface area contributed by atoms with Gasteiger partial charge in [0.1, 0.15) is 0 Å². The van der Waals surface area contributed by atoms with Crippen molar-refractivity contribution in [3.63, 3.8) is 0 Å². The van der Waals surface area contributed by atoms with E-state index in [2.05, 4.69) is 328 Å². The van der Waals surface area contributed by atoms with Gasteiger partial charge < -0.3 is 0 Å².